The molecule has 2 aliphatic heterocycles. The predicted molar refractivity (Wildman–Crippen MR) is 62.9 cm³/mol. The van der Waals surface area contributed by atoms with Crippen LogP contribution in [0, 0.1) is 5.92 Å². The number of amides is 1. The lowest BCUT2D eigenvalue weighted by molar-refractivity contribution is 0.0736. The number of hydrogen-bond donors (Lipinski definition) is 2. The van der Waals surface area contributed by atoms with E-state index in [4.69, 9.17) is 0 Å². The molecule has 0 radical (unpaired) electrons. The number of carbonyl (C=O) groups is 1. The second-order valence-electron chi connectivity index (χ2n) is 4.71. The third-order valence-electron chi connectivity index (χ3n) is 3.74. The van der Waals surface area contributed by atoms with Gasteiger partial charge in [0, 0.05) is 37.9 Å². The highest BCUT2D eigenvalue weighted by Crippen LogP contribution is 2.28. The molecule has 2 N–H and O–H groups in total. The van der Waals surface area contributed by atoms with Gasteiger partial charge < -0.3 is 15.2 Å². The minimum absolute atomic E-state index is 0.0254. The van der Waals surface area contributed by atoms with Gasteiger partial charge in [-0.25, -0.2) is 0 Å². The molecular weight excluding hydrogens is 218 g/mol. The fraction of sp³-hybridized carbons (Fsp3) is 0.500. The number of rotatable bonds is 1. The maximum absolute atomic E-state index is 12.3. The average Bonchev–Trinajstić information content (AvgIpc) is 2.90. The van der Waals surface area contributed by atoms with Gasteiger partial charge in [-0.05, 0) is 18.4 Å². The fourth-order valence-electron chi connectivity index (χ4n) is 2.81. The van der Waals surface area contributed by atoms with Crippen LogP contribution in [0.15, 0.2) is 23.1 Å². The summed E-state index contributed by atoms with van der Waals surface area (Å²) in [5.74, 6) is 0.624. The van der Waals surface area contributed by atoms with E-state index in [1.165, 1.54) is 12.3 Å². The van der Waals surface area contributed by atoms with Crippen LogP contribution in [0.5, 0.6) is 0 Å². The van der Waals surface area contributed by atoms with Crippen molar-refractivity contribution >= 4 is 5.91 Å². The molecule has 0 spiro atoms. The van der Waals surface area contributed by atoms with E-state index in [0.717, 1.165) is 26.1 Å². The Balaban J connectivity index is 1.82. The lowest BCUT2D eigenvalue weighted by Gasteiger charge is -2.23. The lowest BCUT2D eigenvalue weighted by Crippen LogP contribution is -2.39. The Morgan fingerprint density at radius 3 is 3.00 bits per heavy atom. The van der Waals surface area contributed by atoms with Crippen molar-refractivity contribution in [2.45, 2.75) is 12.5 Å². The molecule has 2 atom stereocenters. The third-order valence-corrected chi connectivity index (χ3v) is 3.74. The number of aromatic nitrogens is 1. The van der Waals surface area contributed by atoms with Gasteiger partial charge in [-0.1, -0.05) is 0 Å². The molecule has 5 nitrogen and oxygen atoms in total. The highest BCUT2D eigenvalue weighted by Gasteiger charge is 2.39. The van der Waals surface area contributed by atoms with Gasteiger partial charge in [0.15, 0.2) is 0 Å². The van der Waals surface area contributed by atoms with Crippen LogP contribution < -0.4 is 10.9 Å². The molecule has 5 heteroatoms. The number of pyridine rings is 1. The molecule has 17 heavy (non-hydrogen) atoms. The molecule has 0 saturated carbocycles. The van der Waals surface area contributed by atoms with Crippen molar-refractivity contribution in [1.82, 2.24) is 15.2 Å². The highest BCUT2D eigenvalue weighted by atomic mass is 16.2. The molecule has 1 amide bonds. The number of hydrogen-bond acceptors (Lipinski definition) is 3. The molecule has 2 fully saturated rings. The van der Waals surface area contributed by atoms with Crippen LogP contribution in [0.1, 0.15) is 16.8 Å². The zero-order valence-electron chi connectivity index (χ0n) is 9.48. The number of carbonyl (C=O) groups excluding carboxylic acids is 1. The van der Waals surface area contributed by atoms with Crippen molar-refractivity contribution in [2.75, 3.05) is 19.6 Å². The van der Waals surface area contributed by atoms with E-state index in [9.17, 15) is 9.59 Å². The van der Waals surface area contributed by atoms with E-state index in [1.807, 2.05) is 4.90 Å². The molecule has 0 unspecified atom stereocenters. The van der Waals surface area contributed by atoms with Crippen molar-refractivity contribution < 1.29 is 4.79 Å². The topological polar surface area (TPSA) is 65.2 Å². The molecule has 3 rings (SSSR count). The van der Waals surface area contributed by atoms with Gasteiger partial charge in [0.25, 0.3) is 5.91 Å². The maximum Gasteiger partial charge on any atom is 0.255 e. The normalized spacial score (nSPS) is 27.2. The smallest absolute Gasteiger partial charge is 0.255 e. The second-order valence-corrected chi connectivity index (χ2v) is 4.71. The molecule has 3 heterocycles. The zero-order valence-corrected chi connectivity index (χ0v) is 9.48. The van der Waals surface area contributed by atoms with Gasteiger partial charge in [0.1, 0.15) is 0 Å². The van der Waals surface area contributed by atoms with Gasteiger partial charge in [0.05, 0.1) is 5.56 Å². The number of likely N-dealkylation sites (tertiary alicyclic amines) is 1. The quantitative estimate of drug-likeness (QED) is 0.706. The summed E-state index contributed by atoms with van der Waals surface area (Å²) in [6.45, 7) is 2.73. The van der Waals surface area contributed by atoms with Crippen molar-refractivity contribution in [3.63, 3.8) is 0 Å². The van der Waals surface area contributed by atoms with Crippen LogP contribution >= 0.6 is 0 Å². The van der Waals surface area contributed by atoms with Crippen molar-refractivity contribution in [3.8, 4) is 0 Å². The third kappa shape index (κ3) is 1.76. The largest absolute Gasteiger partial charge is 0.334 e. The summed E-state index contributed by atoms with van der Waals surface area (Å²) in [6.07, 6.45) is 2.58. The Bertz CT molecular complexity index is 476. The van der Waals surface area contributed by atoms with E-state index < -0.39 is 0 Å². The molecule has 0 aromatic carbocycles. The Kier molecular flexibility index (Phi) is 2.48. The van der Waals surface area contributed by atoms with Crippen molar-refractivity contribution in [2.24, 2.45) is 5.92 Å². The van der Waals surface area contributed by atoms with E-state index in [-0.39, 0.29) is 11.5 Å². The number of nitrogens with zero attached hydrogens (tertiary/aromatic N) is 1. The van der Waals surface area contributed by atoms with Gasteiger partial charge >= 0.3 is 0 Å². The minimum atomic E-state index is -0.177. The first-order valence-electron chi connectivity index (χ1n) is 5.96. The molecule has 0 bridgehead atoms. The molecule has 1 aromatic rings. The summed E-state index contributed by atoms with van der Waals surface area (Å²) in [5.41, 5.74) is 0.389. The van der Waals surface area contributed by atoms with Gasteiger partial charge in [-0.3, -0.25) is 9.59 Å². The summed E-state index contributed by atoms with van der Waals surface area (Å²) < 4.78 is 0. The Morgan fingerprint density at radius 2 is 2.24 bits per heavy atom. The summed E-state index contributed by atoms with van der Waals surface area (Å²) in [5, 5.41) is 3.32. The second kappa shape index (κ2) is 4.00. The fourth-order valence-corrected chi connectivity index (χ4v) is 2.81. The Morgan fingerprint density at radius 1 is 1.35 bits per heavy atom. The lowest BCUT2D eigenvalue weighted by atomic mass is 10.1. The van der Waals surface area contributed by atoms with Crippen molar-refractivity contribution in [1.29, 1.82) is 0 Å². The average molecular weight is 233 g/mol. The molecular formula is C12H15N3O2. The van der Waals surface area contributed by atoms with Crippen LogP contribution in [0.25, 0.3) is 0 Å². The summed E-state index contributed by atoms with van der Waals surface area (Å²) in [4.78, 5) is 27.7. The summed E-state index contributed by atoms with van der Waals surface area (Å²) in [7, 11) is 0. The molecule has 1 aromatic heterocycles. The SMILES string of the molecule is O=C(c1ccc(=O)[nH]c1)N1CC[C@@H]2CNC[C@@H]21. The molecule has 0 aliphatic carbocycles. The predicted octanol–water partition coefficient (Wildman–Crippen LogP) is -0.191. The zero-order chi connectivity index (χ0) is 11.8. The van der Waals surface area contributed by atoms with Gasteiger partial charge in [0.2, 0.25) is 5.56 Å². The number of nitrogens with one attached hydrogen (secondary N) is 2. The van der Waals surface area contributed by atoms with E-state index in [2.05, 4.69) is 10.3 Å². The van der Waals surface area contributed by atoms with Crippen LogP contribution in [0.3, 0.4) is 0 Å². The minimum Gasteiger partial charge on any atom is -0.334 e. The first-order chi connectivity index (χ1) is 8.25. The first-order valence-corrected chi connectivity index (χ1v) is 5.96. The number of aromatic amines is 1. The van der Waals surface area contributed by atoms with Crippen LogP contribution in [-0.4, -0.2) is 41.5 Å². The Labute approximate surface area is 98.8 Å². The monoisotopic (exact) mass is 233 g/mol. The molecule has 90 valence electrons. The Hall–Kier alpha value is -1.62. The van der Waals surface area contributed by atoms with E-state index in [0.29, 0.717) is 17.5 Å². The van der Waals surface area contributed by atoms with Crippen LogP contribution in [-0.2, 0) is 0 Å². The highest BCUT2D eigenvalue weighted by molar-refractivity contribution is 5.94. The molecule has 2 saturated heterocycles. The number of H-pyrrole nitrogens is 1. The van der Waals surface area contributed by atoms with Gasteiger partial charge in [-0.2, -0.15) is 0 Å². The van der Waals surface area contributed by atoms with Crippen LogP contribution in [0.2, 0.25) is 0 Å². The molecule has 2 aliphatic rings. The standard InChI is InChI=1S/C12H15N3O2/c16-11-2-1-9(6-14-11)12(17)15-4-3-8-5-13-7-10(8)15/h1-2,6,8,10,13H,3-5,7H2,(H,14,16)/t8-,10+/m1/s1. The van der Waals surface area contributed by atoms with Gasteiger partial charge in [-0.15, -0.1) is 0 Å². The van der Waals surface area contributed by atoms with E-state index in [1.54, 1.807) is 6.07 Å². The number of fused-ring (bicyclic) bond motifs is 1. The van der Waals surface area contributed by atoms with E-state index >= 15 is 0 Å². The summed E-state index contributed by atoms with van der Waals surface area (Å²) >= 11 is 0. The first kappa shape index (κ1) is 10.5. The van der Waals surface area contributed by atoms with Crippen LogP contribution in [0.4, 0.5) is 0 Å². The summed E-state index contributed by atoms with van der Waals surface area (Å²) in [6, 6.07) is 3.32. The maximum atomic E-state index is 12.3. The van der Waals surface area contributed by atoms with Crippen molar-refractivity contribution in [3.05, 3.63) is 34.2 Å².